The smallest absolute Gasteiger partial charge is 0.242 e. The minimum Gasteiger partial charge on any atom is -0.286 e. The maximum Gasteiger partial charge on any atom is 0.242 e. The molecule has 0 aromatic heterocycles. The van der Waals surface area contributed by atoms with Gasteiger partial charge < -0.3 is 0 Å². The van der Waals surface area contributed by atoms with Crippen LogP contribution < -0.4 is 0 Å². The highest BCUT2D eigenvalue weighted by Crippen LogP contribution is 2.35. The summed E-state index contributed by atoms with van der Waals surface area (Å²) >= 11 is 0. The Labute approximate surface area is 95.6 Å². The molecule has 2 rings (SSSR count). The third kappa shape index (κ3) is 2.25. The predicted octanol–water partition coefficient (Wildman–Crippen LogP) is 2.34. The van der Waals surface area contributed by atoms with Crippen LogP contribution >= 0.6 is 0 Å². The van der Waals surface area contributed by atoms with Gasteiger partial charge in [-0.05, 0) is 36.3 Å². The Balaban J connectivity index is 1.96. The Hall–Kier alpha value is -1.35. The van der Waals surface area contributed by atoms with Gasteiger partial charge >= 0.3 is 0 Å². The summed E-state index contributed by atoms with van der Waals surface area (Å²) in [6, 6.07) is 8.44. The van der Waals surface area contributed by atoms with Gasteiger partial charge in [0.05, 0.1) is 0 Å². The number of benzene rings is 1. The Kier molecular flexibility index (Phi) is 3.25. The molecule has 1 aliphatic rings. The summed E-state index contributed by atoms with van der Waals surface area (Å²) < 4.78 is 0. The number of hydrogen-bond donors (Lipinski definition) is 1. The van der Waals surface area contributed by atoms with E-state index in [1.54, 1.807) is 0 Å². The van der Waals surface area contributed by atoms with Crippen molar-refractivity contribution in [2.75, 3.05) is 6.54 Å². The maximum atomic E-state index is 10.9. The zero-order valence-electron chi connectivity index (χ0n) is 9.52. The van der Waals surface area contributed by atoms with Crippen LogP contribution in [-0.4, -0.2) is 22.7 Å². The molecule has 3 heteroatoms. The van der Waals surface area contributed by atoms with Crippen molar-refractivity contribution >= 4 is 5.91 Å². The van der Waals surface area contributed by atoms with E-state index in [1.165, 1.54) is 18.1 Å². The lowest BCUT2D eigenvalue weighted by Gasteiger charge is -2.16. The maximum absolute atomic E-state index is 10.9. The van der Waals surface area contributed by atoms with Crippen LogP contribution in [0.2, 0.25) is 0 Å². The average Bonchev–Trinajstić information content (AvgIpc) is 2.69. The van der Waals surface area contributed by atoms with E-state index in [0.717, 1.165) is 24.3 Å². The fourth-order valence-electron chi connectivity index (χ4n) is 2.38. The van der Waals surface area contributed by atoms with Gasteiger partial charge in [0.1, 0.15) is 0 Å². The molecule has 1 atom stereocenters. The minimum atomic E-state index is -0.286. The summed E-state index contributed by atoms with van der Waals surface area (Å²) in [5.74, 6) is 0.205. The largest absolute Gasteiger partial charge is 0.286 e. The molecule has 16 heavy (non-hydrogen) atoms. The summed E-state index contributed by atoms with van der Waals surface area (Å²) in [7, 11) is 0. The van der Waals surface area contributed by atoms with Gasteiger partial charge in [0.2, 0.25) is 5.91 Å². The van der Waals surface area contributed by atoms with Gasteiger partial charge in [-0.15, -0.1) is 0 Å². The highest BCUT2D eigenvalue weighted by Gasteiger charge is 2.22. The topological polar surface area (TPSA) is 40.5 Å². The number of nitrogens with zero attached hydrogens (tertiary/aromatic N) is 1. The van der Waals surface area contributed by atoms with Crippen molar-refractivity contribution in [1.29, 1.82) is 0 Å². The first kappa shape index (κ1) is 11.1. The predicted molar refractivity (Wildman–Crippen MR) is 61.3 cm³/mol. The number of carbonyl (C=O) groups excluding carboxylic acids is 1. The van der Waals surface area contributed by atoms with E-state index in [0.29, 0.717) is 12.5 Å². The summed E-state index contributed by atoms with van der Waals surface area (Å²) in [6.45, 7) is 1.80. The van der Waals surface area contributed by atoms with E-state index in [2.05, 4.69) is 24.3 Å². The Morgan fingerprint density at radius 1 is 1.50 bits per heavy atom. The van der Waals surface area contributed by atoms with Crippen LogP contribution in [0.1, 0.15) is 36.8 Å². The zero-order chi connectivity index (χ0) is 11.5. The van der Waals surface area contributed by atoms with Crippen molar-refractivity contribution in [2.45, 2.75) is 32.1 Å². The average molecular weight is 219 g/mol. The Morgan fingerprint density at radius 3 is 3.00 bits per heavy atom. The number of fused-ring (bicyclic) bond motifs is 1. The van der Waals surface area contributed by atoms with Gasteiger partial charge in [0, 0.05) is 13.5 Å². The summed E-state index contributed by atoms with van der Waals surface area (Å²) in [5.41, 5.74) is 2.80. The van der Waals surface area contributed by atoms with Crippen LogP contribution in [0.5, 0.6) is 0 Å². The number of aryl methyl sites for hydroxylation is 1. The molecule has 1 unspecified atom stereocenters. The van der Waals surface area contributed by atoms with Crippen molar-refractivity contribution < 1.29 is 10.0 Å². The highest BCUT2D eigenvalue weighted by atomic mass is 16.5. The third-order valence-corrected chi connectivity index (χ3v) is 3.31. The number of hydroxylamine groups is 2. The molecule has 0 aliphatic heterocycles. The van der Waals surface area contributed by atoms with E-state index in [1.807, 2.05) is 0 Å². The van der Waals surface area contributed by atoms with E-state index < -0.39 is 0 Å². The summed E-state index contributed by atoms with van der Waals surface area (Å²) in [6.07, 6.45) is 3.09. The van der Waals surface area contributed by atoms with Gasteiger partial charge in [-0.1, -0.05) is 24.3 Å². The van der Waals surface area contributed by atoms with Gasteiger partial charge in [-0.25, -0.2) is 5.06 Å². The van der Waals surface area contributed by atoms with Crippen LogP contribution in [0.4, 0.5) is 0 Å². The molecule has 1 amide bonds. The standard InChI is InChI=1S/C13H17NO2/c1-10(15)14(16)9-8-12-7-6-11-4-2-3-5-13(11)12/h2-5,12,16H,6-9H2,1H3. The van der Waals surface area contributed by atoms with E-state index >= 15 is 0 Å². The lowest BCUT2D eigenvalue weighted by Crippen LogP contribution is -2.26. The second-order valence-corrected chi connectivity index (χ2v) is 4.37. The molecule has 0 saturated carbocycles. The molecule has 3 nitrogen and oxygen atoms in total. The molecule has 0 fully saturated rings. The fourth-order valence-corrected chi connectivity index (χ4v) is 2.38. The van der Waals surface area contributed by atoms with Crippen molar-refractivity contribution in [1.82, 2.24) is 5.06 Å². The Morgan fingerprint density at radius 2 is 2.25 bits per heavy atom. The SMILES string of the molecule is CC(=O)N(O)CCC1CCc2ccccc21. The molecular formula is C13H17NO2. The van der Waals surface area contributed by atoms with Crippen molar-refractivity contribution in [3.8, 4) is 0 Å². The minimum absolute atomic E-state index is 0.286. The molecule has 0 saturated heterocycles. The molecule has 0 radical (unpaired) electrons. The number of hydrogen-bond acceptors (Lipinski definition) is 2. The van der Waals surface area contributed by atoms with Crippen LogP contribution in [-0.2, 0) is 11.2 Å². The Bertz CT molecular complexity index is 389. The first-order valence-corrected chi connectivity index (χ1v) is 5.73. The lowest BCUT2D eigenvalue weighted by molar-refractivity contribution is -0.163. The molecule has 0 spiro atoms. The molecule has 1 aliphatic carbocycles. The summed E-state index contributed by atoms with van der Waals surface area (Å²) in [4.78, 5) is 10.9. The number of amides is 1. The lowest BCUT2D eigenvalue weighted by atomic mass is 9.98. The van der Waals surface area contributed by atoms with E-state index in [4.69, 9.17) is 0 Å². The van der Waals surface area contributed by atoms with Crippen molar-refractivity contribution in [3.63, 3.8) is 0 Å². The molecule has 1 aromatic carbocycles. The zero-order valence-corrected chi connectivity index (χ0v) is 9.52. The molecule has 1 N–H and O–H groups in total. The third-order valence-electron chi connectivity index (χ3n) is 3.31. The van der Waals surface area contributed by atoms with Crippen LogP contribution in [0.25, 0.3) is 0 Å². The summed E-state index contributed by atoms with van der Waals surface area (Å²) in [5, 5.41) is 10.1. The first-order chi connectivity index (χ1) is 7.68. The quantitative estimate of drug-likeness (QED) is 0.626. The number of rotatable bonds is 3. The van der Waals surface area contributed by atoms with Crippen molar-refractivity contribution in [2.24, 2.45) is 0 Å². The second-order valence-electron chi connectivity index (χ2n) is 4.37. The van der Waals surface area contributed by atoms with Gasteiger partial charge in [-0.2, -0.15) is 0 Å². The first-order valence-electron chi connectivity index (χ1n) is 5.73. The highest BCUT2D eigenvalue weighted by molar-refractivity contribution is 5.71. The molecule has 1 aromatic rings. The van der Waals surface area contributed by atoms with E-state index in [-0.39, 0.29) is 5.91 Å². The second kappa shape index (κ2) is 4.66. The van der Waals surface area contributed by atoms with Crippen LogP contribution in [0.15, 0.2) is 24.3 Å². The van der Waals surface area contributed by atoms with Gasteiger partial charge in [-0.3, -0.25) is 10.0 Å². The van der Waals surface area contributed by atoms with Crippen LogP contribution in [0.3, 0.4) is 0 Å². The van der Waals surface area contributed by atoms with Crippen LogP contribution in [0, 0.1) is 0 Å². The van der Waals surface area contributed by atoms with E-state index in [9.17, 15) is 10.0 Å². The molecule has 86 valence electrons. The monoisotopic (exact) mass is 219 g/mol. The fraction of sp³-hybridized carbons (Fsp3) is 0.462. The van der Waals surface area contributed by atoms with Crippen molar-refractivity contribution in [3.05, 3.63) is 35.4 Å². The molecular weight excluding hydrogens is 202 g/mol. The normalized spacial score (nSPS) is 18.2. The van der Waals surface area contributed by atoms with Gasteiger partial charge in [0.15, 0.2) is 0 Å². The number of carbonyl (C=O) groups is 1. The van der Waals surface area contributed by atoms with Gasteiger partial charge in [0.25, 0.3) is 0 Å². The molecule has 0 bridgehead atoms. The molecule has 0 heterocycles.